The second kappa shape index (κ2) is 7.64. The van der Waals surface area contributed by atoms with Crippen LogP contribution in [0.4, 0.5) is 0 Å². The number of hydrogen-bond acceptors (Lipinski definition) is 3. The number of likely N-dealkylation sites (tertiary alicyclic amines) is 1. The summed E-state index contributed by atoms with van der Waals surface area (Å²) in [5.74, 6) is 1.25. The van der Waals surface area contributed by atoms with E-state index in [0.717, 1.165) is 29.6 Å². The number of carbonyl (C=O) groups excluding carboxylic acids is 1. The Labute approximate surface area is 127 Å². The highest BCUT2D eigenvalue weighted by Gasteiger charge is 2.24. The van der Waals surface area contributed by atoms with Crippen LogP contribution in [0.15, 0.2) is 28.7 Å². The fourth-order valence-corrected chi connectivity index (χ4v) is 2.57. The molecule has 1 amide bonds. The van der Waals surface area contributed by atoms with E-state index in [1.165, 1.54) is 0 Å². The molecule has 0 aromatic heterocycles. The fraction of sp³-hybridized carbons (Fsp3) is 0.533. The first kappa shape index (κ1) is 15.3. The summed E-state index contributed by atoms with van der Waals surface area (Å²) in [4.78, 5) is 13.8. The maximum atomic E-state index is 11.9. The Morgan fingerprint density at radius 2 is 2.15 bits per heavy atom. The van der Waals surface area contributed by atoms with Gasteiger partial charge in [-0.1, -0.05) is 15.9 Å². The van der Waals surface area contributed by atoms with Crippen LogP contribution in [0.2, 0.25) is 0 Å². The Hall–Kier alpha value is -1.07. The third-order valence-electron chi connectivity index (χ3n) is 3.51. The van der Waals surface area contributed by atoms with E-state index in [1.807, 2.05) is 29.2 Å². The second-order valence-corrected chi connectivity index (χ2v) is 6.00. The highest BCUT2D eigenvalue weighted by molar-refractivity contribution is 9.10. The number of aliphatic hydroxyl groups is 1. The summed E-state index contributed by atoms with van der Waals surface area (Å²) in [5, 5.41) is 9.06. The summed E-state index contributed by atoms with van der Waals surface area (Å²) in [6, 6.07) is 7.66. The molecule has 0 aliphatic carbocycles. The predicted octanol–water partition coefficient (Wildman–Crippen LogP) is 2.45. The zero-order valence-electron chi connectivity index (χ0n) is 11.4. The van der Waals surface area contributed by atoms with Gasteiger partial charge in [-0.25, -0.2) is 0 Å². The van der Waals surface area contributed by atoms with Gasteiger partial charge in [0.2, 0.25) is 5.91 Å². The Balaban J connectivity index is 1.63. The first-order valence-electron chi connectivity index (χ1n) is 6.96. The van der Waals surface area contributed by atoms with Crippen LogP contribution in [-0.4, -0.2) is 42.2 Å². The SMILES string of the molecule is O=C(CCCOc1ccc(Br)cc1)N1CCC(CO)C1. The van der Waals surface area contributed by atoms with Crippen molar-refractivity contribution < 1.29 is 14.6 Å². The zero-order valence-corrected chi connectivity index (χ0v) is 13.0. The minimum absolute atomic E-state index is 0.167. The molecule has 1 saturated heterocycles. The average molecular weight is 342 g/mol. The van der Waals surface area contributed by atoms with E-state index in [4.69, 9.17) is 9.84 Å². The van der Waals surface area contributed by atoms with E-state index in [2.05, 4.69) is 15.9 Å². The van der Waals surface area contributed by atoms with Gasteiger partial charge in [-0.2, -0.15) is 0 Å². The van der Waals surface area contributed by atoms with Crippen LogP contribution in [0.5, 0.6) is 5.75 Å². The first-order valence-corrected chi connectivity index (χ1v) is 7.75. The van der Waals surface area contributed by atoms with E-state index in [9.17, 15) is 4.79 Å². The number of halogens is 1. The summed E-state index contributed by atoms with van der Waals surface area (Å²) in [6.45, 7) is 2.20. The van der Waals surface area contributed by atoms with Crippen LogP contribution >= 0.6 is 15.9 Å². The normalized spacial score (nSPS) is 18.3. The summed E-state index contributed by atoms with van der Waals surface area (Å²) >= 11 is 3.37. The van der Waals surface area contributed by atoms with Gasteiger partial charge in [-0.05, 0) is 37.1 Å². The van der Waals surface area contributed by atoms with E-state index in [-0.39, 0.29) is 18.4 Å². The number of rotatable bonds is 6. The molecule has 1 aliphatic rings. The molecule has 5 heteroatoms. The molecule has 1 fully saturated rings. The molecule has 1 N–H and O–H groups in total. The van der Waals surface area contributed by atoms with Crippen LogP contribution < -0.4 is 4.74 Å². The van der Waals surface area contributed by atoms with Crippen molar-refractivity contribution in [3.8, 4) is 5.75 Å². The van der Waals surface area contributed by atoms with Gasteiger partial charge in [-0.3, -0.25) is 4.79 Å². The van der Waals surface area contributed by atoms with Gasteiger partial charge in [0.05, 0.1) is 6.61 Å². The monoisotopic (exact) mass is 341 g/mol. The van der Waals surface area contributed by atoms with Crippen molar-refractivity contribution in [2.75, 3.05) is 26.3 Å². The fourth-order valence-electron chi connectivity index (χ4n) is 2.31. The molecule has 4 nitrogen and oxygen atoms in total. The first-order chi connectivity index (χ1) is 9.69. The van der Waals surface area contributed by atoms with Crippen molar-refractivity contribution in [1.82, 2.24) is 4.90 Å². The van der Waals surface area contributed by atoms with Gasteiger partial charge in [0.1, 0.15) is 5.75 Å². The second-order valence-electron chi connectivity index (χ2n) is 5.08. The third-order valence-corrected chi connectivity index (χ3v) is 4.04. The van der Waals surface area contributed by atoms with Crippen molar-refractivity contribution in [3.05, 3.63) is 28.7 Å². The Bertz CT molecular complexity index is 435. The van der Waals surface area contributed by atoms with Crippen molar-refractivity contribution >= 4 is 21.8 Å². The van der Waals surface area contributed by atoms with E-state index in [1.54, 1.807) is 0 Å². The lowest BCUT2D eigenvalue weighted by molar-refractivity contribution is -0.130. The van der Waals surface area contributed by atoms with Crippen molar-refractivity contribution in [2.24, 2.45) is 5.92 Å². The topological polar surface area (TPSA) is 49.8 Å². The number of nitrogens with zero attached hydrogens (tertiary/aromatic N) is 1. The largest absolute Gasteiger partial charge is 0.494 e. The molecule has 0 spiro atoms. The minimum Gasteiger partial charge on any atom is -0.494 e. The molecule has 1 atom stereocenters. The molecule has 1 aromatic rings. The molecule has 0 bridgehead atoms. The Kier molecular flexibility index (Phi) is 5.86. The lowest BCUT2D eigenvalue weighted by Crippen LogP contribution is -2.29. The van der Waals surface area contributed by atoms with Gasteiger partial charge in [0.15, 0.2) is 0 Å². The van der Waals surface area contributed by atoms with Crippen LogP contribution in [-0.2, 0) is 4.79 Å². The van der Waals surface area contributed by atoms with Gasteiger partial charge in [-0.15, -0.1) is 0 Å². The molecule has 0 radical (unpaired) electrons. The van der Waals surface area contributed by atoms with Crippen LogP contribution in [0.1, 0.15) is 19.3 Å². The van der Waals surface area contributed by atoms with E-state index >= 15 is 0 Å². The maximum absolute atomic E-state index is 11.9. The van der Waals surface area contributed by atoms with Crippen LogP contribution in [0.25, 0.3) is 0 Å². The standard InChI is InChI=1S/C15H20BrNO3/c16-13-3-5-14(6-4-13)20-9-1-2-15(19)17-8-7-12(10-17)11-18/h3-6,12,18H,1-2,7-11H2. The number of ether oxygens (including phenoxy) is 1. The molecule has 1 heterocycles. The lowest BCUT2D eigenvalue weighted by atomic mass is 10.1. The van der Waals surface area contributed by atoms with Crippen molar-refractivity contribution in [2.45, 2.75) is 19.3 Å². The number of hydrogen-bond donors (Lipinski definition) is 1. The van der Waals surface area contributed by atoms with E-state index in [0.29, 0.717) is 19.6 Å². The summed E-state index contributed by atoms with van der Waals surface area (Å²) < 4.78 is 6.61. The lowest BCUT2D eigenvalue weighted by Gasteiger charge is -2.16. The third kappa shape index (κ3) is 4.49. The van der Waals surface area contributed by atoms with Crippen LogP contribution in [0, 0.1) is 5.92 Å². The smallest absolute Gasteiger partial charge is 0.222 e. The predicted molar refractivity (Wildman–Crippen MR) is 80.6 cm³/mol. The molecule has 1 unspecified atom stereocenters. The van der Waals surface area contributed by atoms with Gasteiger partial charge >= 0.3 is 0 Å². The maximum Gasteiger partial charge on any atom is 0.222 e. The highest BCUT2D eigenvalue weighted by Crippen LogP contribution is 2.18. The van der Waals surface area contributed by atoms with Crippen molar-refractivity contribution in [1.29, 1.82) is 0 Å². The molecule has 110 valence electrons. The minimum atomic E-state index is 0.167. The summed E-state index contributed by atoms with van der Waals surface area (Å²) in [6.07, 6.45) is 2.14. The Morgan fingerprint density at radius 3 is 2.80 bits per heavy atom. The van der Waals surface area contributed by atoms with Gasteiger partial charge in [0.25, 0.3) is 0 Å². The number of amides is 1. The van der Waals surface area contributed by atoms with E-state index < -0.39 is 0 Å². The number of aliphatic hydroxyl groups excluding tert-OH is 1. The highest BCUT2D eigenvalue weighted by atomic mass is 79.9. The average Bonchev–Trinajstić information content (AvgIpc) is 2.94. The Morgan fingerprint density at radius 1 is 1.40 bits per heavy atom. The molecule has 2 rings (SSSR count). The quantitative estimate of drug-likeness (QED) is 0.808. The molecule has 20 heavy (non-hydrogen) atoms. The van der Waals surface area contributed by atoms with Gasteiger partial charge in [0, 0.05) is 36.5 Å². The number of benzene rings is 1. The molecular formula is C15H20BrNO3. The zero-order chi connectivity index (χ0) is 14.4. The summed E-state index contributed by atoms with van der Waals surface area (Å²) in [7, 11) is 0. The molecular weight excluding hydrogens is 322 g/mol. The molecule has 0 saturated carbocycles. The van der Waals surface area contributed by atoms with Crippen LogP contribution in [0.3, 0.4) is 0 Å². The summed E-state index contributed by atoms with van der Waals surface area (Å²) in [5.41, 5.74) is 0. The van der Waals surface area contributed by atoms with Gasteiger partial charge < -0.3 is 14.7 Å². The van der Waals surface area contributed by atoms with Crippen molar-refractivity contribution in [3.63, 3.8) is 0 Å². The number of carbonyl (C=O) groups is 1. The molecule has 1 aliphatic heterocycles. The molecule has 1 aromatic carbocycles.